The fourth-order valence-electron chi connectivity index (χ4n) is 3.42. The molecule has 0 radical (unpaired) electrons. The molecular formula is C21H28F3N3O2. The van der Waals surface area contributed by atoms with Crippen molar-refractivity contribution in [1.29, 1.82) is 0 Å². The van der Waals surface area contributed by atoms with Crippen molar-refractivity contribution in [1.82, 2.24) is 15.1 Å². The number of benzene rings is 1. The lowest BCUT2D eigenvalue weighted by Gasteiger charge is -2.25. The monoisotopic (exact) mass is 411 g/mol. The second kappa shape index (κ2) is 9.91. The molecule has 1 N–H and O–H groups in total. The van der Waals surface area contributed by atoms with E-state index in [1.165, 1.54) is 18.2 Å². The summed E-state index contributed by atoms with van der Waals surface area (Å²) in [5, 5.41) is 2.79. The predicted octanol–water partition coefficient (Wildman–Crippen LogP) is 3.17. The van der Waals surface area contributed by atoms with Gasteiger partial charge in [-0.2, -0.15) is 13.2 Å². The van der Waals surface area contributed by atoms with Crippen molar-refractivity contribution in [3.05, 3.63) is 41.5 Å². The molecule has 1 fully saturated rings. The van der Waals surface area contributed by atoms with Crippen LogP contribution in [0, 0.1) is 0 Å². The third-order valence-corrected chi connectivity index (χ3v) is 5.03. The molecule has 0 spiro atoms. The van der Waals surface area contributed by atoms with Gasteiger partial charge in [-0.1, -0.05) is 12.1 Å². The maximum atomic E-state index is 12.6. The first-order valence-electron chi connectivity index (χ1n) is 9.68. The zero-order chi connectivity index (χ0) is 21.6. The van der Waals surface area contributed by atoms with Crippen LogP contribution in [0.3, 0.4) is 0 Å². The van der Waals surface area contributed by atoms with Crippen LogP contribution in [0.4, 0.5) is 13.2 Å². The maximum absolute atomic E-state index is 12.6. The summed E-state index contributed by atoms with van der Waals surface area (Å²) in [6.45, 7) is 3.76. The van der Waals surface area contributed by atoms with Crippen LogP contribution < -0.4 is 5.32 Å². The normalized spacial score (nSPS) is 18.0. The second-order valence-corrected chi connectivity index (χ2v) is 7.47. The van der Waals surface area contributed by atoms with Gasteiger partial charge in [0, 0.05) is 33.3 Å². The Labute approximate surface area is 169 Å². The van der Waals surface area contributed by atoms with Crippen molar-refractivity contribution in [2.24, 2.45) is 0 Å². The van der Waals surface area contributed by atoms with E-state index in [0.29, 0.717) is 17.7 Å². The molecule has 1 aromatic rings. The number of rotatable bonds is 7. The van der Waals surface area contributed by atoms with Crippen LogP contribution >= 0.6 is 0 Å². The van der Waals surface area contributed by atoms with Crippen molar-refractivity contribution >= 4 is 17.4 Å². The number of nitrogens with one attached hydrogen (secondary N) is 1. The number of hydrogen-bond acceptors (Lipinski definition) is 3. The van der Waals surface area contributed by atoms with Crippen LogP contribution in [-0.2, 0) is 15.8 Å². The third kappa shape index (κ3) is 6.59. The molecule has 1 unspecified atom stereocenters. The lowest BCUT2D eigenvalue weighted by Crippen LogP contribution is -2.43. The fourth-order valence-corrected chi connectivity index (χ4v) is 3.42. The Hall–Kier alpha value is -2.35. The van der Waals surface area contributed by atoms with E-state index in [4.69, 9.17) is 0 Å². The van der Waals surface area contributed by atoms with Gasteiger partial charge in [0.1, 0.15) is 0 Å². The smallest absolute Gasteiger partial charge is 0.352 e. The number of carbonyl (C=O) groups is 2. The Bertz CT molecular complexity index is 743. The van der Waals surface area contributed by atoms with Crippen molar-refractivity contribution in [2.75, 3.05) is 33.7 Å². The summed E-state index contributed by atoms with van der Waals surface area (Å²) >= 11 is 0. The molecule has 5 nitrogen and oxygen atoms in total. The van der Waals surface area contributed by atoms with Crippen molar-refractivity contribution in [3.8, 4) is 0 Å². The molecule has 2 rings (SSSR count). The number of halogens is 3. The van der Waals surface area contributed by atoms with Crippen LogP contribution in [-0.4, -0.2) is 61.4 Å². The summed E-state index contributed by atoms with van der Waals surface area (Å²) in [6.07, 6.45) is -0.421. The molecule has 0 aliphatic carbocycles. The van der Waals surface area contributed by atoms with Gasteiger partial charge >= 0.3 is 6.18 Å². The van der Waals surface area contributed by atoms with E-state index in [9.17, 15) is 22.8 Å². The molecule has 1 atom stereocenters. The summed E-state index contributed by atoms with van der Waals surface area (Å²) in [4.78, 5) is 28.0. The summed E-state index contributed by atoms with van der Waals surface area (Å²) in [5.41, 5.74) is 0.439. The minimum absolute atomic E-state index is 0.0810. The second-order valence-electron chi connectivity index (χ2n) is 7.47. The fraction of sp³-hybridized carbons (Fsp3) is 0.524. The first kappa shape index (κ1) is 22.9. The van der Waals surface area contributed by atoms with E-state index < -0.39 is 11.7 Å². The van der Waals surface area contributed by atoms with Gasteiger partial charge in [0.15, 0.2) is 0 Å². The Balaban J connectivity index is 1.79. The number of likely N-dealkylation sites (N-methyl/N-ethyl adjacent to an activating group) is 1. The molecule has 0 aromatic heterocycles. The number of alkyl halides is 3. The molecular weight excluding hydrogens is 383 g/mol. The van der Waals surface area contributed by atoms with E-state index in [2.05, 4.69) is 10.2 Å². The van der Waals surface area contributed by atoms with Crippen LogP contribution in [0.1, 0.15) is 37.3 Å². The van der Waals surface area contributed by atoms with Crippen molar-refractivity contribution in [2.45, 2.75) is 38.4 Å². The Kier molecular flexibility index (Phi) is 7.84. The number of allylic oxidation sites excluding steroid dienone is 1. The molecule has 1 aliphatic rings. The highest BCUT2D eigenvalue weighted by Crippen LogP contribution is 2.30. The standard InChI is InChI=1S/C21H28F3N3O2/c1-15(16-7-9-17(10-8-16)21(22,23)24)14-19(28)25-11-5-13-27-12-4-6-18(27)20(29)26(2)3/h7-10,14,18H,4-6,11-13H2,1-3H3,(H,25,28). The first-order chi connectivity index (χ1) is 13.6. The minimum atomic E-state index is -4.38. The van der Waals surface area contributed by atoms with Gasteiger partial charge in [-0.25, -0.2) is 0 Å². The van der Waals surface area contributed by atoms with Gasteiger partial charge in [-0.15, -0.1) is 0 Å². The van der Waals surface area contributed by atoms with Crippen LogP contribution in [0.15, 0.2) is 30.3 Å². The maximum Gasteiger partial charge on any atom is 0.416 e. The topological polar surface area (TPSA) is 52.7 Å². The molecule has 0 bridgehead atoms. The van der Waals surface area contributed by atoms with E-state index in [1.807, 2.05) is 0 Å². The van der Waals surface area contributed by atoms with Gasteiger partial charge in [-0.3, -0.25) is 14.5 Å². The SMILES string of the molecule is CC(=CC(=O)NCCCN1CCCC1C(=O)N(C)C)c1ccc(C(F)(F)F)cc1. The average molecular weight is 411 g/mol. The lowest BCUT2D eigenvalue weighted by molar-refractivity contribution is -0.137. The highest BCUT2D eigenvalue weighted by Gasteiger charge is 2.31. The Morgan fingerprint density at radius 1 is 1.24 bits per heavy atom. The van der Waals surface area contributed by atoms with E-state index in [1.54, 1.807) is 25.9 Å². The van der Waals surface area contributed by atoms with Gasteiger partial charge in [-0.05, 0) is 56.0 Å². The number of likely N-dealkylation sites (tertiary alicyclic amines) is 1. The van der Waals surface area contributed by atoms with Gasteiger partial charge in [0.05, 0.1) is 11.6 Å². The van der Waals surface area contributed by atoms with Crippen LogP contribution in [0.2, 0.25) is 0 Å². The molecule has 1 aromatic carbocycles. The number of amides is 2. The zero-order valence-electron chi connectivity index (χ0n) is 17.1. The summed E-state index contributed by atoms with van der Waals surface area (Å²) in [5.74, 6) is -0.175. The highest BCUT2D eigenvalue weighted by molar-refractivity contribution is 5.94. The largest absolute Gasteiger partial charge is 0.416 e. The zero-order valence-corrected chi connectivity index (χ0v) is 17.1. The van der Waals surface area contributed by atoms with Gasteiger partial charge in [0.25, 0.3) is 0 Å². The number of nitrogens with zero attached hydrogens (tertiary/aromatic N) is 2. The summed E-state index contributed by atoms with van der Waals surface area (Å²) in [7, 11) is 3.51. The van der Waals surface area contributed by atoms with Gasteiger partial charge in [0.2, 0.25) is 11.8 Å². The average Bonchev–Trinajstić information content (AvgIpc) is 3.12. The molecule has 8 heteroatoms. The van der Waals surface area contributed by atoms with Crippen molar-refractivity contribution in [3.63, 3.8) is 0 Å². The molecule has 1 saturated heterocycles. The lowest BCUT2D eigenvalue weighted by atomic mass is 10.0. The molecule has 1 heterocycles. The molecule has 160 valence electrons. The van der Waals surface area contributed by atoms with E-state index in [-0.39, 0.29) is 17.9 Å². The molecule has 29 heavy (non-hydrogen) atoms. The van der Waals surface area contributed by atoms with E-state index in [0.717, 1.165) is 44.5 Å². The minimum Gasteiger partial charge on any atom is -0.352 e. The molecule has 1 aliphatic heterocycles. The Morgan fingerprint density at radius 2 is 1.90 bits per heavy atom. The summed E-state index contributed by atoms with van der Waals surface area (Å²) in [6, 6.07) is 4.65. The quantitative estimate of drug-likeness (QED) is 0.554. The number of carbonyl (C=O) groups excluding carboxylic acids is 2. The van der Waals surface area contributed by atoms with Crippen LogP contribution in [0.5, 0.6) is 0 Å². The third-order valence-electron chi connectivity index (χ3n) is 5.03. The Morgan fingerprint density at radius 3 is 2.48 bits per heavy atom. The van der Waals surface area contributed by atoms with Gasteiger partial charge < -0.3 is 10.2 Å². The highest BCUT2D eigenvalue weighted by atomic mass is 19.4. The van der Waals surface area contributed by atoms with Crippen LogP contribution in [0.25, 0.3) is 5.57 Å². The summed E-state index contributed by atoms with van der Waals surface area (Å²) < 4.78 is 37.9. The van der Waals surface area contributed by atoms with E-state index >= 15 is 0 Å². The van der Waals surface area contributed by atoms with Crippen molar-refractivity contribution < 1.29 is 22.8 Å². The number of hydrogen-bond donors (Lipinski definition) is 1. The molecule has 0 saturated carbocycles. The first-order valence-corrected chi connectivity index (χ1v) is 9.68. The predicted molar refractivity (Wildman–Crippen MR) is 106 cm³/mol. The molecule has 2 amide bonds.